The summed E-state index contributed by atoms with van der Waals surface area (Å²) in [4.78, 5) is 20.0. The Morgan fingerprint density at radius 1 is 1.03 bits per heavy atom. The number of nitrogens with two attached hydrogens (primary N) is 1. The Morgan fingerprint density at radius 2 is 1.70 bits per heavy atom. The number of hydrogen-bond donors (Lipinski definition) is 1. The summed E-state index contributed by atoms with van der Waals surface area (Å²) in [6, 6.07) is 5.74. The smallest absolute Gasteiger partial charge is 0.444 e. The molecule has 0 aliphatic carbocycles. The van der Waals surface area contributed by atoms with Crippen molar-refractivity contribution in [2.45, 2.75) is 58.0 Å². The van der Waals surface area contributed by atoms with Crippen molar-refractivity contribution in [3.05, 3.63) is 53.8 Å². The molecule has 0 aliphatic rings. The molecule has 33 heavy (non-hydrogen) atoms. The summed E-state index contributed by atoms with van der Waals surface area (Å²) in [6.07, 6.45) is -2.24. The van der Waals surface area contributed by atoms with Crippen molar-refractivity contribution >= 4 is 5.91 Å². The maximum Gasteiger partial charge on any atom is 0.471 e. The van der Waals surface area contributed by atoms with Crippen LogP contribution in [0, 0.1) is 11.2 Å². The lowest BCUT2D eigenvalue weighted by molar-refractivity contribution is -0.159. The van der Waals surface area contributed by atoms with Gasteiger partial charge in [0.2, 0.25) is 11.8 Å². The lowest BCUT2D eigenvalue weighted by Gasteiger charge is -2.30. The quantitative estimate of drug-likeness (QED) is 0.440. The lowest BCUT2D eigenvalue weighted by atomic mass is 9.74. The van der Waals surface area contributed by atoms with Gasteiger partial charge in [0, 0.05) is 22.8 Å². The van der Waals surface area contributed by atoms with Gasteiger partial charge in [-0.15, -0.1) is 0 Å². The van der Waals surface area contributed by atoms with Crippen LogP contribution in [-0.2, 0) is 22.8 Å². The first-order chi connectivity index (χ1) is 15.3. The van der Waals surface area contributed by atoms with E-state index in [1.54, 1.807) is 19.1 Å². The largest absolute Gasteiger partial charge is 0.471 e. The van der Waals surface area contributed by atoms with E-state index in [2.05, 4.69) is 19.6 Å². The second kappa shape index (κ2) is 8.95. The van der Waals surface area contributed by atoms with E-state index in [0.717, 1.165) is 0 Å². The predicted molar refractivity (Wildman–Crippen MR) is 109 cm³/mol. The van der Waals surface area contributed by atoms with E-state index < -0.39 is 28.8 Å². The van der Waals surface area contributed by atoms with E-state index in [1.807, 2.05) is 13.8 Å². The van der Waals surface area contributed by atoms with Crippen LogP contribution in [0.1, 0.15) is 57.4 Å². The zero-order valence-corrected chi connectivity index (χ0v) is 18.4. The molecule has 1 aromatic carbocycles. The van der Waals surface area contributed by atoms with Gasteiger partial charge >= 0.3 is 12.1 Å². The minimum Gasteiger partial charge on any atom is -0.444 e. The molecule has 0 spiro atoms. The predicted octanol–water partition coefficient (Wildman–Crippen LogP) is 5.06. The van der Waals surface area contributed by atoms with E-state index in [-0.39, 0.29) is 24.5 Å². The third kappa shape index (κ3) is 5.77. The normalized spacial score (nSPS) is 14.3. The highest BCUT2D eigenvalue weighted by molar-refractivity contribution is 5.80. The van der Waals surface area contributed by atoms with Crippen LogP contribution in [0.25, 0.3) is 11.5 Å². The third-order valence-corrected chi connectivity index (χ3v) is 5.80. The van der Waals surface area contributed by atoms with Crippen LogP contribution in [0.4, 0.5) is 17.6 Å². The van der Waals surface area contributed by atoms with Gasteiger partial charge in [-0.3, -0.25) is 4.79 Å². The van der Waals surface area contributed by atoms with Gasteiger partial charge in [0.05, 0.1) is 5.69 Å². The first-order valence-corrected chi connectivity index (χ1v) is 10.2. The Kier molecular flexibility index (Phi) is 6.62. The number of halogens is 4. The van der Waals surface area contributed by atoms with Gasteiger partial charge in [-0.25, -0.2) is 9.37 Å². The van der Waals surface area contributed by atoms with E-state index >= 15 is 0 Å². The Bertz CT molecular complexity index is 1110. The summed E-state index contributed by atoms with van der Waals surface area (Å²) >= 11 is 0. The second-order valence-corrected chi connectivity index (χ2v) is 8.87. The number of oxazole rings is 1. The van der Waals surface area contributed by atoms with Gasteiger partial charge in [-0.2, -0.15) is 18.2 Å². The van der Waals surface area contributed by atoms with Crippen LogP contribution in [-0.4, -0.2) is 21.0 Å². The number of carbonyl (C=O) groups is 1. The third-order valence-electron chi connectivity index (χ3n) is 5.80. The molecule has 178 valence electrons. The minimum atomic E-state index is -4.73. The molecular weight excluding hydrogens is 444 g/mol. The SMILES string of the molecule is CC(CCc1noc(C(F)(F)F)n1)(CCC(C)(C)c1coc(-c2ccc(F)cc2)n1)C(N)=O. The molecule has 11 heteroatoms. The number of hydrogen-bond acceptors (Lipinski definition) is 6. The summed E-state index contributed by atoms with van der Waals surface area (Å²) in [5, 5.41) is 3.33. The monoisotopic (exact) mass is 468 g/mol. The molecule has 3 aromatic rings. The van der Waals surface area contributed by atoms with Crippen molar-refractivity contribution in [1.29, 1.82) is 0 Å². The second-order valence-electron chi connectivity index (χ2n) is 8.87. The van der Waals surface area contributed by atoms with Crippen molar-refractivity contribution < 1.29 is 31.3 Å². The number of carbonyl (C=O) groups excluding carboxylic acids is 1. The number of nitrogens with zero attached hydrogens (tertiary/aromatic N) is 3. The Morgan fingerprint density at radius 3 is 2.27 bits per heavy atom. The highest BCUT2D eigenvalue weighted by atomic mass is 19.4. The molecule has 0 aliphatic heterocycles. The first kappa shape index (κ1) is 24.4. The Labute approximate surface area is 187 Å². The van der Waals surface area contributed by atoms with Crippen LogP contribution in [0.5, 0.6) is 0 Å². The Balaban J connectivity index is 1.67. The van der Waals surface area contributed by atoms with Crippen molar-refractivity contribution in [3.8, 4) is 11.5 Å². The van der Waals surface area contributed by atoms with Crippen LogP contribution < -0.4 is 5.73 Å². The fourth-order valence-corrected chi connectivity index (χ4v) is 3.26. The molecule has 3 rings (SSSR count). The lowest BCUT2D eigenvalue weighted by Crippen LogP contribution is -2.36. The fraction of sp³-hybridized carbons (Fsp3) is 0.455. The number of rotatable bonds is 9. The van der Waals surface area contributed by atoms with E-state index in [1.165, 1.54) is 18.4 Å². The number of benzene rings is 1. The topological polar surface area (TPSA) is 108 Å². The summed E-state index contributed by atoms with van der Waals surface area (Å²) < 4.78 is 60.9. The molecule has 2 heterocycles. The minimum absolute atomic E-state index is 0.00186. The number of aryl methyl sites for hydroxylation is 1. The summed E-state index contributed by atoms with van der Waals surface area (Å²) in [5.41, 5.74) is 5.37. The van der Waals surface area contributed by atoms with E-state index in [0.29, 0.717) is 30.0 Å². The molecule has 0 saturated heterocycles. The van der Waals surface area contributed by atoms with Crippen LogP contribution in [0.2, 0.25) is 0 Å². The van der Waals surface area contributed by atoms with Crippen LogP contribution >= 0.6 is 0 Å². The van der Waals surface area contributed by atoms with Crippen molar-refractivity contribution in [1.82, 2.24) is 15.1 Å². The average molecular weight is 468 g/mol. The molecular formula is C22H24F4N4O3. The molecule has 1 unspecified atom stereocenters. The van der Waals surface area contributed by atoms with Crippen molar-refractivity contribution in [2.24, 2.45) is 11.1 Å². The highest BCUT2D eigenvalue weighted by Gasteiger charge is 2.39. The number of alkyl halides is 3. The zero-order valence-electron chi connectivity index (χ0n) is 18.4. The zero-order chi connectivity index (χ0) is 24.4. The molecule has 0 radical (unpaired) electrons. The molecule has 0 saturated carbocycles. The maximum atomic E-state index is 13.1. The number of aromatic nitrogens is 3. The van der Waals surface area contributed by atoms with E-state index in [4.69, 9.17) is 10.2 Å². The standard InChI is InChI=1S/C22H24F4N4O3/c1-20(2,15-12-32-17(28-15)13-4-6-14(23)7-5-13)10-11-21(3,18(27)31)9-8-16-29-19(33-30-16)22(24,25)26/h4-7,12H,8-11H2,1-3H3,(H2,27,31). The van der Waals surface area contributed by atoms with Crippen molar-refractivity contribution in [3.63, 3.8) is 0 Å². The highest BCUT2D eigenvalue weighted by Crippen LogP contribution is 2.37. The molecule has 0 bridgehead atoms. The summed E-state index contributed by atoms with van der Waals surface area (Å²) in [7, 11) is 0. The van der Waals surface area contributed by atoms with Gasteiger partial charge in [0.15, 0.2) is 5.82 Å². The van der Waals surface area contributed by atoms with Gasteiger partial charge in [0.25, 0.3) is 0 Å². The first-order valence-electron chi connectivity index (χ1n) is 10.2. The number of amides is 1. The molecule has 7 nitrogen and oxygen atoms in total. The maximum absolute atomic E-state index is 13.1. The van der Waals surface area contributed by atoms with Gasteiger partial charge in [0.1, 0.15) is 12.1 Å². The average Bonchev–Trinajstić information content (AvgIpc) is 3.41. The van der Waals surface area contributed by atoms with Gasteiger partial charge in [-0.05, 0) is 43.5 Å². The van der Waals surface area contributed by atoms with E-state index in [9.17, 15) is 22.4 Å². The molecule has 1 atom stereocenters. The molecule has 2 aromatic heterocycles. The Hall–Kier alpha value is -3.24. The molecule has 1 amide bonds. The summed E-state index contributed by atoms with van der Waals surface area (Å²) in [6.45, 7) is 5.51. The summed E-state index contributed by atoms with van der Waals surface area (Å²) in [5.74, 6) is -2.18. The number of primary amides is 1. The van der Waals surface area contributed by atoms with Gasteiger partial charge < -0.3 is 14.7 Å². The van der Waals surface area contributed by atoms with Crippen molar-refractivity contribution in [2.75, 3.05) is 0 Å². The molecule has 0 fully saturated rings. The fourth-order valence-electron chi connectivity index (χ4n) is 3.26. The van der Waals surface area contributed by atoms with Crippen LogP contribution in [0.15, 0.2) is 39.5 Å². The molecule has 2 N–H and O–H groups in total. The van der Waals surface area contributed by atoms with Gasteiger partial charge in [-0.1, -0.05) is 25.9 Å². The van der Waals surface area contributed by atoms with Crippen LogP contribution in [0.3, 0.4) is 0 Å².